The summed E-state index contributed by atoms with van der Waals surface area (Å²) in [6, 6.07) is 8.68. The van der Waals surface area contributed by atoms with E-state index in [0.29, 0.717) is 62.2 Å². The molecule has 0 bridgehead atoms. The molecule has 0 spiro atoms. The first-order valence-electron chi connectivity index (χ1n) is 9.55. The van der Waals surface area contributed by atoms with Crippen molar-refractivity contribution in [2.75, 3.05) is 49.0 Å². The highest BCUT2D eigenvalue weighted by molar-refractivity contribution is 7.92. The molecule has 1 aromatic heterocycles. The van der Waals surface area contributed by atoms with E-state index in [-0.39, 0.29) is 5.75 Å². The van der Waals surface area contributed by atoms with Crippen molar-refractivity contribution >= 4 is 21.3 Å². The SMILES string of the molecule is O=S(=O)(CCO)C1(c2cc(N3CCOCC3)nc(-c3ccc(NO)cc3)n2)CC1. The first kappa shape index (κ1) is 20.0. The molecule has 0 radical (unpaired) electrons. The summed E-state index contributed by atoms with van der Waals surface area (Å²) in [4.78, 5) is 11.4. The maximum absolute atomic E-state index is 12.8. The van der Waals surface area contributed by atoms with Gasteiger partial charge in [-0.25, -0.2) is 18.4 Å². The van der Waals surface area contributed by atoms with Crippen LogP contribution in [0, 0.1) is 0 Å². The van der Waals surface area contributed by atoms with Crippen LogP contribution in [0.4, 0.5) is 11.5 Å². The van der Waals surface area contributed by atoms with Crippen molar-refractivity contribution in [1.82, 2.24) is 9.97 Å². The number of ether oxygens (including phenoxy) is 1. The third-order valence-electron chi connectivity index (χ3n) is 5.45. The fraction of sp³-hybridized carbons (Fsp3) is 0.474. The van der Waals surface area contributed by atoms with Gasteiger partial charge in [0.05, 0.1) is 37.0 Å². The Balaban J connectivity index is 1.80. The van der Waals surface area contributed by atoms with E-state index < -0.39 is 21.2 Å². The lowest BCUT2D eigenvalue weighted by Crippen LogP contribution is -2.37. The van der Waals surface area contributed by atoms with E-state index >= 15 is 0 Å². The largest absolute Gasteiger partial charge is 0.395 e. The van der Waals surface area contributed by atoms with Crippen LogP contribution in [-0.4, -0.2) is 67.4 Å². The number of aliphatic hydroxyl groups is 1. The summed E-state index contributed by atoms with van der Waals surface area (Å²) in [6.45, 7) is 2.09. The third kappa shape index (κ3) is 3.80. The minimum Gasteiger partial charge on any atom is -0.395 e. The zero-order chi connectivity index (χ0) is 20.5. The fourth-order valence-corrected chi connectivity index (χ4v) is 5.38. The molecule has 9 nitrogen and oxygen atoms in total. The van der Waals surface area contributed by atoms with Crippen molar-refractivity contribution in [2.45, 2.75) is 17.6 Å². The molecular weight excluding hydrogens is 396 g/mol. The van der Waals surface area contributed by atoms with Gasteiger partial charge in [0.2, 0.25) is 0 Å². The Hall–Kier alpha value is -2.27. The van der Waals surface area contributed by atoms with Crippen LogP contribution in [-0.2, 0) is 19.3 Å². The molecule has 3 N–H and O–H groups in total. The highest BCUT2D eigenvalue weighted by Crippen LogP contribution is 2.53. The molecule has 10 heteroatoms. The minimum absolute atomic E-state index is 0.282. The van der Waals surface area contributed by atoms with Gasteiger partial charge in [-0.15, -0.1) is 0 Å². The minimum atomic E-state index is -3.54. The van der Waals surface area contributed by atoms with Crippen LogP contribution in [0.5, 0.6) is 0 Å². The van der Waals surface area contributed by atoms with Crippen molar-refractivity contribution in [3.8, 4) is 11.4 Å². The molecule has 2 aliphatic rings. The third-order valence-corrected chi connectivity index (χ3v) is 7.97. The number of aromatic nitrogens is 2. The quantitative estimate of drug-likeness (QED) is 0.566. The Kier molecular flexibility index (Phi) is 5.43. The monoisotopic (exact) mass is 420 g/mol. The van der Waals surface area contributed by atoms with Crippen LogP contribution in [0.1, 0.15) is 18.5 Å². The molecular formula is C19H24N4O5S. The zero-order valence-corrected chi connectivity index (χ0v) is 16.7. The summed E-state index contributed by atoms with van der Waals surface area (Å²) in [5, 5.41) is 18.2. The molecule has 0 atom stereocenters. The van der Waals surface area contributed by atoms with Gasteiger partial charge in [0.25, 0.3) is 0 Å². The van der Waals surface area contributed by atoms with E-state index in [1.54, 1.807) is 30.3 Å². The second-order valence-electron chi connectivity index (χ2n) is 7.26. The number of sulfone groups is 1. The second kappa shape index (κ2) is 7.86. The lowest BCUT2D eigenvalue weighted by atomic mass is 10.1. The molecule has 1 saturated heterocycles. The topological polar surface area (TPSA) is 125 Å². The maximum atomic E-state index is 12.8. The molecule has 2 aromatic rings. The average molecular weight is 420 g/mol. The second-order valence-corrected chi connectivity index (χ2v) is 9.68. The highest BCUT2D eigenvalue weighted by Gasteiger charge is 2.56. The van der Waals surface area contributed by atoms with Gasteiger partial charge in [-0.1, -0.05) is 0 Å². The number of hydrogen-bond acceptors (Lipinski definition) is 9. The van der Waals surface area contributed by atoms with Crippen molar-refractivity contribution < 1.29 is 23.5 Å². The smallest absolute Gasteiger partial charge is 0.163 e. The number of anilines is 2. The Bertz CT molecular complexity index is 971. The zero-order valence-electron chi connectivity index (χ0n) is 15.9. The van der Waals surface area contributed by atoms with Crippen molar-refractivity contribution in [2.24, 2.45) is 0 Å². The Morgan fingerprint density at radius 3 is 2.41 bits per heavy atom. The van der Waals surface area contributed by atoms with Crippen LogP contribution in [0.25, 0.3) is 11.4 Å². The first-order chi connectivity index (χ1) is 14.0. The summed E-state index contributed by atoms with van der Waals surface area (Å²) in [7, 11) is -3.54. The van der Waals surface area contributed by atoms with Crippen LogP contribution in [0.3, 0.4) is 0 Å². The molecule has 0 amide bonds. The Morgan fingerprint density at radius 2 is 1.83 bits per heavy atom. The number of hydrogen-bond donors (Lipinski definition) is 3. The summed E-state index contributed by atoms with van der Waals surface area (Å²) in [6.07, 6.45) is 0.976. The summed E-state index contributed by atoms with van der Waals surface area (Å²) in [5.74, 6) is 0.817. The van der Waals surface area contributed by atoms with Crippen LogP contribution in [0.2, 0.25) is 0 Å². The van der Waals surface area contributed by atoms with Crippen molar-refractivity contribution in [3.63, 3.8) is 0 Å². The van der Waals surface area contributed by atoms with Gasteiger partial charge in [-0.3, -0.25) is 10.7 Å². The lowest BCUT2D eigenvalue weighted by Gasteiger charge is -2.29. The van der Waals surface area contributed by atoms with E-state index in [9.17, 15) is 13.5 Å². The number of nitrogens with zero attached hydrogens (tertiary/aromatic N) is 3. The van der Waals surface area contributed by atoms with Gasteiger partial charge in [-0.2, -0.15) is 0 Å². The van der Waals surface area contributed by atoms with E-state index in [1.807, 2.05) is 0 Å². The molecule has 1 aliphatic heterocycles. The van der Waals surface area contributed by atoms with E-state index in [1.165, 1.54) is 0 Å². The van der Waals surface area contributed by atoms with Gasteiger partial charge in [0.1, 0.15) is 10.6 Å². The summed E-state index contributed by atoms with van der Waals surface area (Å²) in [5.41, 5.74) is 3.80. The first-order valence-corrected chi connectivity index (χ1v) is 11.2. The van der Waals surface area contributed by atoms with Gasteiger partial charge in [-0.05, 0) is 37.1 Å². The molecule has 2 heterocycles. The van der Waals surface area contributed by atoms with Crippen molar-refractivity contribution in [1.29, 1.82) is 0 Å². The summed E-state index contributed by atoms with van der Waals surface area (Å²) >= 11 is 0. The van der Waals surface area contributed by atoms with Crippen LogP contribution < -0.4 is 10.4 Å². The van der Waals surface area contributed by atoms with Gasteiger partial charge < -0.3 is 14.7 Å². The van der Waals surface area contributed by atoms with Gasteiger partial charge in [0.15, 0.2) is 15.7 Å². The van der Waals surface area contributed by atoms with E-state index in [4.69, 9.17) is 9.94 Å². The molecule has 1 aliphatic carbocycles. The molecule has 4 rings (SSSR count). The highest BCUT2D eigenvalue weighted by atomic mass is 32.2. The lowest BCUT2D eigenvalue weighted by molar-refractivity contribution is 0.122. The number of rotatable bonds is 7. The fourth-order valence-electron chi connectivity index (χ4n) is 3.60. The van der Waals surface area contributed by atoms with Crippen LogP contribution in [0.15, 0.2) is 30.3 Å². The molecule has 29 heavy (non-hydrogen) atoms. The number of aliphatic hydroxyl groups excluding tert-OH is 1. The van der Waals surface area contributed by atoms with Crippen LogP contribution >= 0.6 is 0 Å². The Morgan fingerprint density at radius 1 is 1.14 bits per heavy atom. The molecule has 156 valence electrons. The number of morpholine rings is 1. The molecule has 1 saturated carbocycles. The number of nitrogens with one attached hydrogen (secondary N) is 1. The molecule has 0 unspecified atom stereocenters. The standard InChI is InChI=1S/C19H24N4O5S/c24-9-12-29(26,27)19(5-6-19)16-13-17(23-7-10-28-11-8-23)21-18(20-16)14-1-3-15(22-25)4-2-14/h1-4,13,22,24-25H,5-12H2. The number of benzene rings is 1. The average Bonchev–Trinajstić information content (AvgIpc) is 3.57. The van der Waals surface area contributed by atoms with E-state index in [2.05, 4.69) is 20.3 Å². The normalized spacial score (nSPS) is 18.5. The summed E-state index contributed by atoms with van der Waals surface area (Å²) < 4.78 is 30.1. The van der Waals surface area contributed by atoms with E-state index in [0.717, 1.165) is 5.56 Å². The Labute approximate surface area is 169 Å². The predicted octanol–water partition coefficient (Wildman–Crippen LogP) is 1.18. The van der Waals surface area contributed by atoms with Crippen molar-refractivity contribution in [3.05, 3.63) is 36.0 Å². The molecule has 2 fully saturated rings. The molecule has 1 aromatic carbocycles. The van der Waals surface area contributed by atoms with Gasteiger partial charge >= 0.3 is 0 Å². The maximum Gasteiger partial charge on any atom is 0.163 e. The van der Waals surface area contributed by atoms with Gasteiger partial charge in [0, 0.05) is 24.7 Å². The predicted molar refractivity (Wildman–Crippen MR) is 108 cm³/mol.